The number of carbonyl (C=O) groups excluding carboxylic acids is 2. The lowest BCUT2D eigenvalue weighted by Crippen LogP contribution is -2.09. The number of hydrogen-bond acceptors (Lipinski definition) is 6. The number of rotatable bonds is 6. The summed E-state index contributed by atoms with van der Waals surface area (Å²) in [5, 5.41) is 9.79. The number of carbonyl (C=O) groups is 2. The number of hydrogen-bond donors (Lipinski definition) is 1. The van der Waals surface area contributed by atoms with Gasteiger partial charge in [0, 0.05) is 6.07 Å². The summed E-state index contributed by atoms with van der Waals surface area (Å²) in [5.74, 6) is -0.782. The predicted molar refractivity (Wildman–Crippen MR) is 86.6 cm³/mol. The summed E-state index contributed by atoms with van der Waals surface area (Å²) >= 11 is 0. The Kier molecular flexibility index (Phi) is 5.78. The lowest BCUT2D eigenvalue weighted by atomic mass is 10.2. The lowest BCUT2D eigenvalue weighted by Gasteiger charge is -2.08. The van der Waals surface area contributed by atoms with Crippen molar-refractivity contribution in [3.63, 3.8) is 0 Å². The Morgan fingerprint density at radius 1 is 1.00 bits per heavy atom. The molecule has 2 aromatic carbocycles. The van der Waals surface area contributed by atoms with Crippen LogP contribution in [0.2, 0.25) is 0 Å². The van der Waals surface area contributed by atoms with Gasteiger partial charge in [-0.05, 0) is 42.8 Å². The topological polar surface area (TPSA) is 82.1 Å². The Morgan fingerprint density at radius 3 is 2.25 bits per heavy atom. The van der Waals surface area contributed by atoms with Gasteiger partial charge < -0.3 is 19.3 Å². The van der Waals surface area contributed by atoms with Gasteiger partial charge in [-0.25, -0.2) is 9.59 Å². The maximum Gasteiger partial charge on any atom is 0.343 e. The molecule has 0 aliphatic heterocycles. The van der Waals surface area contributed by atoms with E-state index in [2.05, 4.69) is 4.74 Å². The third-order valence-corrected chi connectivity index (χ3v) is 3.15. The van der Waals surface area contributed by atoms with Crippen molar-refractivity contribution in [2.75, 3.05) is 13.7 Å². The standard InChI is InChI=1S/C18H18O6/c1-3-10-23-13-6-4-12(5-7-13)17(20)24-14-8-9-15(16(19)11-14)18(21)22-2/h4-9,11,19H,3,10H2,1-2H3. The molecule has 2 rings (SSSR count). The lowest BCUT2D eigenvalue weighted by molar-refractivity contribution is 0.0597. The molecule has 0 unspecified atom stereocenters. The molecule has 6 nitrogen and oxygen atoms in total. The first-order valence-corrected chi connectivity index (χ1v) is 7.41. The number of methoxy groups -OCH3 is 1. The fourth-order valence-corrected chi connectivity index (χ4v) is 1.93. The monoisotopic (exact) mass is 330 g/mol. The zero-order chi connectivity index (χ0) is 17.5. The SMILES string of the molecule is CCCOc1ccc(C(=O)Oc2ccc(C(=O)OC)c(O)c2)cc1. The summed E-state index contributed by atoms with van der Waals surface area (Å²) in [6, 6.07) is 10.5. The minimum absolute atomic E-state index is 0.00488. The van der Waals surface area contributed by atoms with E-state index in [-0.39, 0.29) is 17.1 Å². The number of benzene rings is 2. The van der Waals surface area contributed by atoms with Crippen molar-refractivity contribution in [3.05, 3.63) is 53.6 Å². The van der Waals surface area contributed by atoms with E-state index in [0.29, 0.717) is 17.9 Å². The molecule has 0 spiro atoms. The molecule has 0 bridgehead atoms. The highest BCUT2D eigenvalue weighted by molar-refractivity contribution is 5.93. The summed E-state index contributed by atoms with van der Waals surface area (Å²) in [4.78, 5) is 23.5. The fourth-order valence-electron chi connectivity index (χ4n) is 1.93. The van der Waals surface area contributed by atoms with Gasteiger partial charge in [-0.1, -0.05) is 6.92 Å². The van der Waals surface area contributed by atoms with Gasteiger partial charge in [-0.2, -0.15) is 0 Å². The Bertz CT molecular complexity index is 721. The number of esters is 2. The fraction of sp³-hybridized carbons (Fsp3) is 0.222. The van der Waals surface area contributed by atoms with Crippen LogP contribution in [-0.4, -0.2) is 30.8 Å². The van der Waals surface area contributed by atoms with Crippen LogP contribution in [-0.2, 0) is 4.74 Å². The molecule has 0 heterocycles. The second-order valence-electron chi connectivity index (χ2n) is 4.93. The summed E-state index contributed by atoms with van der Waals surface area (Å²) in [6.45, 7) is 2.61. The highest BCUT2D eigenvalue weighted by Crippen LogP contribution is 2.25. The van der Waals surface area contributed by atoms with Crippen LogP contribution in [0.25, 0.3) is 0 Å². The molecule has 0 atom stereocenters. The summed E-state index contributed by atoms with van der Waals surface area (Å²) in [7, 11) is 1.21. The Balaban J connectivity index is 2.06. The van der Waals surface area contributed by atoms with Gasteiger partial charge >= 0.3 is 11.9 Å². The van der Waals surface area contributed by atoms with Crippen LogP contribution in [0, 0.1) is 0 Å². The molecular formula is C18H18O6. The second-order valence-corrected chi connectivity index (χ2v) is 4.93. The zero-order valence-corrected chi connectivity index (χ0v) is 13.4. The van der Waals surface area contributed by atoms with Crippen molar-refractivity contribution in [1.82, 2.24) is 0 Å². The number of aromatic hydroxyl groups is 1. The Labute approximate surface area is 139 Å². The van der Waals surface area contributed by atoms with Crippen molar-refractivity contribution < 1.29 is 28.9 Å². The molecule has 0 aliphatic rings. The van der Waals surface area contributed by atoms with E-state index < -0.39 is 11.9 Å². The zero-order valence-electron chi connectivity index (χ0n) is 13.4. The van der Waals surface area contributed by atoms with E-state index in [0.717, 1.165) is 6.42 Å². The normalized spacial score (nSPS) is 10.1. The molecule has 0 amide bonds. The van der Waals surface area contributed by atoms with Crippen LogP contribution in [0.3, 0.4) is 0 Å². The molecule has 0 aliphatic carbocycles. The quantitative estimate of drug-likeness (QED) is 0.647. The van der Waals surface area contributed by atoms with Crippen LogP contribution in [0.1, 0.15) is 34.1 Å². The highest BCUT2D eigenvalue weighted by Gasteiger charge is 2.14. The average Bonchev–Trinajstić information content (AvgIpc) is 2.59. The smallest absolute Gasteiger partial charge is 0.343 e. The Hall–Kier alpha value is -3.02. The van der Waals surface area contributed by atoms with Crippen LogP contribution < -0.4 is 9.47 Å². The van der Waals surface area contributed by atoms with Crippen LogP contribution in [0.5, 0.6) is 17.2 Å². The van der Waals surface area contributed by atoms with Crippen LogP contribution in [0.4, 0.5) is 0 Å². The van der Waals surface area contributed by atoms with Crippen molar-refractivity contribution in [2.24, 2.45) is 0 Å². The van der Waals surface area contributed by atoms with Gasteiger partial charge in [0.1, 0.15) is 22.8 Å². The average molecular weight is 330 g/mol. The van der Waals surface area contributed by atoms with Gasteiger partial charge in [-0.3, -0.25) is 0 Å². The van der Waals surface area contributed by atoms with Gasteiger partial charge in [0.15, 0.2) is 0 Å². The summed E-state index contributed by atoms with van der Waals surface area (Å²) in [6.07, 6.45) is 0.898. The molecule has 0 radical (unpaired) electrons. The molecule has 24 heavy (non-hydrogen) atoms. The molecule has 0 aromatic heterocycles. The third kappa shape index (κ3) is 4.25. The molecular weight excluding hydrogens is 312 g/mol. The van der Waals surface area contributed by atoms with E-state index >= 15 is 0 Å². The molecule has 126 valence electrons. The first-order valence-electron chi connectivity index (χ1n) is 7.41. The minimum atomic E-state index is -0.673. The summed E-state index contributed by atoms with van der Waals surface area (Å²) in [5.41, 5.74) is 0.338. The maximum absolute atomic E-state index is 12.1. The van der Waals surface area contributed by atoms with Crippen molar-refractivity contribution >= 4 is 11.9 Å². The van der Waals surface area contributed by atoms with Gasteiger partial charge in [0.05, 0.1) is 19.3 Å². The first-order chi connectivity index (χ1) is 11.5. The number of phenolic OH excluding ortho intramolecular Hbond substituents is 1. The van der Waals surface area contributed by atoms with Crippen molar-refractivity contribution in [2.45, 2.75) is 13.3 Å². The van der Waals surface area contributed by atoms with E-state index in [1.165, 1.54) is 25.3 Å². The second kappa shape index (κ2) is 8.01. The molecule has 1 N–H and O–H groups in total. The minimum Gasteiger partial charge on any atom is -0.507 e. The molecule has 0 fully saturated rings. The van der Waals surface area contributed by atoms with E-state index in [9.17, 15) is 14.7 Å². The van der Waals surface area contributed by atoms with Crippen LogP contribution >= 0.6 is 0 Å². The number of ether oxygens (including phenoxy) is 3. The molecule has 2 aromatic rings. The van der Waals surface area contributed by atoms with Gasteiger partial charge in [-0.15, -0.1) is 0 Å². The number of phenols is 1. The Morgan fingerprint density at radius 2 is 1.67 bits per heavy atom. The molecule has 0 saturated carbocycles. The molecule has 6 heteroatoms. The largest absolute Gasteiger partial charge is 0.507 e. The van der Waals surface area contributed by atoms with Crippen LogP contribution in [0.15, 0.2) is 42.5 Å². The molecule has 0 saturated heterocycles. The van der Waals surface area contributed by atoms with E-state index in [4.69, 9.17) is 9.47 Å². The van der Waals surface area contributed by atoms with E-state index in [1.807, 2.05) is 6.92 Å². The first kappa shape index (κ1) is 17.3. The van der Waals surface area contributed by atoms with Crippen molar-refractivity contribution in [3.8, 4) is 17.2 Å². The van der Waals surface area contributed by atoms with Crippen molar-refractivity contribution in [1.29, 1.82) is 0 Å². The predicted octanol–water partition coefficient (Wildman–Crippen LogP) is 3.19. The van der Waals surface area contributed by atoms with Gasteiger partial charge in [0.25, 0.3) is 0 Å². The summed E-state index contributed by atoms with van der Waals surface area (Å²) < 4.78 is 15.1. The van der Waals surface area contributed by atoms with E-state index in [1.54, 1.807) is 24.3 Å². The van der Waals surface area contributed by atoms with Gasteiger partial charge in [0.2, 0.25) is 0 Å². The maximum atomic E-state index is 12.1. The third-order valence-electron chi connectivity index (χ3n) is 3.15. The highest BCUT2D eigenvalue weighted by atomic mass is 16.5.